The molecule has 1 nitrogen and oxygen atoms in total. The fourth-order valence-electron chi connectivity index (χ4n) is 1.79. The van der Waals surface area contributed by atoms with Crippen molar-refractivity contribution < 1.29 is 18.0 Å². The van der Waals surface area contributed by atoms with Crippen LogP contribution in [0.1, 0.15) is 28.8 Å². The highest BCUT2D eigenvalue weighted by Gasteiger charge is 2.31. The third-order valence-corrected chi connectivity index (χ3v) is 4.10. The summed E-state index contributed by atoms with van der Waals surface area (Å²) in [4.78, 5) is 11.9. The number of hydrogen-bond acceptors (Lipinski definition) is 2. The zero-order chi connectivity index (χ0) is 12.5. The van der Waals surface area contributed by atoms with Gasteiger partial charge in [0.2, 0.25) is 0 Å². The first-order chi connectivity index (χ1) is 7.98. The van der Waals surface area contributed by atoms with Gasteiger partial charge in [-0.1, -0.05) is 12.1 Å². The Morgan fingerprint density at radius 1 is 1.24 bits per heavy atom. The summed E-state index contributed by atoms with van der Waals surface area (Å²) in [6.45, 7) is 0. The number of hydrogen-bond donors (Lipinski definition) is 0. The highest BCUT2D eigenvalue weighted by atomic mass is 32.2. The molecule has 0 N–H and O–H groups in total. The monoisotopic (exact) mass is 260 g/mol. The summed E-state index contributed by atoms with van der Waals surface area (Å²) in [5, 5.41) is -0.0771. The summed E-state index contributed by atoms with van der Waals surface area (Å²) >= 11 is 1.58. The van der Waals surface area contributed by atoms with Crippen molar-refractivity contribution in [1.82, 2.24) is 0 Å². The topological polar surface area (TPSA) is 17.1 Å². The first-order valence-electron chi connectivity index (χ1n) is 5.31. The second kappa shape index (κ2) is 4.72. The Hall–Kier alpha value is -0.970. The number of Topliss-reactive ketones (excluding diaryl/α,β-unsaturated/α-hetero) is 1. The summed E-state index contributed by atoms with van der Waals surface area (Å²) in [7, 11) is 0. The Morgan fingerprint density at radius 2 is 1.88 bits per heavy atom. The van der Waals surface area contributed by atoms with Gasteiger partial charge in [0.25, 0.3) is 0 Å². The maximum atomic E-state index is 12.3. The third kappa shape index (κ3) is 2.83. The molecule has 1 heterocycles. The molecular formula is C12H11F3OS. The van der Waals surface area contributed by atoms with Crippen LogP contribution in [-0.2, 0) is 6.18 Å². The number of alkyl halides is 3. The Kier molecular flexibility index (Phi) is 3.47. The van der Waals surface area contributed by atoms with E-state index in [9.17, 15) is 18.0 Å². The molecule has 1 aliphatic heterocycles. The number of thioether (sulfide) groups is 1. The van der Waals surface area contributed by atoms with Crippen molar-refractivity contribution in [3.05, 3.63) is 35.4 Å². The number of carbonyl (C=O) groups excluding carboxylic acids is 1. The van der Waals surface area contributed by atoms with Crippen LogP contribution in [0.5, 0.6) is 0 Å². The number of rotatable bonds is 2. The minimum Gasteiger partial charge on any atom is -0.293 e. The molecule has 0 radical (unpaired) electrons. The van der Waals surface area contributed by atoms with Gasteiger partial charge in [0.15, 0.2) is 5.78 Å². The molecule has 1 saturated heterocycles. The average molecular weight is 260 g/mol. The van der Waals surface area contributed by atoms with Gasteiger partial charge in [0.1, 0.15) is 0 Å². The van der Waals surface area contributed by atoms with E-state index in [4.69, 9.17) is 0 Å². The van der Waals surface area contributed by atoms with E-state index in [2.05, 4.69) is 0 Å². The van der Waals surface area contributed by atoms with Crippen molar-refractivity contribution >= 4 is 17.5 Å². The van der Waals surface area contributed by atoms with Crippen LogP contribution in [0.4, 0.5) is 13.2 Å². The highest BCUT2D eigenvalue weighted by molar-refractivity contribution is 8.00. The fraction of sp³-hybridized carbons (Fsp3) is 0.417. The van der Waals surface area contributed by atoms with Crippen LogP contribution >= 0.6 is 11.8 Å². The predicted molar refractivity (Wildman–Crippen MR) is 61.3 cm³/mol. The standard InChI is InChI=1S/C12H11F3OS/c13-12(14,15)9-5-3-8(4-6-9)11(16)10-2-1-7-17-10/h3-6,10H,1-2,7H2. The largest absolute Gasteiger partial charge is 0.416 e. The second-order valence-electron chi connectivity index (χ2n) is 3.94. The molecule has 1 aliphatic rings. The lowest BCUT2D eigenvalue weighted by Gasteiger charge is -2.09. The van der Waals surface area contributed by atoms with Crippen LogP contribution in [0.3, 0.4) is 0 Å². The first kappa shape index (κ1) is 12.5. The summed E-state index contributed by atoms with van der Waals surface area (Å²) in [5.74, 6) is 0.901. The summed E-state index contributed by atoms with van der Waals surface area (Å²) in [5.41, 5.74) is -0.342. The maximum absolute atomic E-state index is 12.3. The van der Waals surface area contributed by atoms with Gasteiger partial charge in [0.05, 0.1) is 10.8 Å². The second-order valence-corrected chi connectivity index (χ2v) is 5.25. The van der Waals surface area contributed by atoms with Crippen LogP contribution in [0.15, 0.2) is 24.3 Å². The Balaban J connectivity index is 2.15. The molecule has 1 aromatic carbocycles. The molecule has 0 spiro atoms. The van der Waals surface area contributed by atoms with Gasteiger partial charge in [-0.2, -0.15) is 24.9 Å². The van der Waals surface area contributed by atoms with E-state index in [0.717, 1.165) is 30.7 Å². The normalized spacial score (nSPS) is 20.5. The van der Waals surface area contributed by atoms with Crippen molar-refractivity contribution in [2.45, 2.75) is 24.3 Å². The van der Waals surface area contributed by atoms with E-state index in [1.54, 1.807) is 11.8 Å². The minimum absolute atomic E-state index is 0.0544. The van der Waals surface area contributed by atoms with E-state index in [0.29, 0.717) is 5.56 Å². The van der Waals surface area contributed by atoms with Gasteiger partial charge in [-0.25, -0.2) is 0 Å². The molecule has 17 heavy (non-hydrogen) atoms. The van der Waals surface area contributed by atoms with Crippen molar-refractivity contribution in [2.24, 2.45) is 0 Å². The average Bonchev–Trinajstić information content (AvgIpc) is 2.80. The zero-order valence-electron chi connectivity index (χ0n) is 8.96. The molecule has 1 unspecified atom stereocenters. The van der Waals surface area contributed by atoms with Gasteiger partial charge < -0.3 is 0 Å². The van der Waals surface area contributed by atoms with Gasteiger partial charge in [-0.15, -0.1) is 0 Å². The van der Waals surface area contributed by atoms with E-state index in [1.165, 1.54) is 12.1 Å². The molecular weight excluding hydrogens is 249 g/mol. The third-order valence-electron chi connectivity index (χ3n) is 2.72. The predicted octanol–water partition coefficient (Wildman–Crippen LogP) is 3.78. The Morgan fingerprint density at radius 3 is 2.35 bits per heavy atom. The maximum Gasteiger partial charge on any atom is 0.416 e. The van der Waals surface area contributed by atoms with E-state index in [-0.39, 0.29) is 11.0 Å². The van der Waals surface area contributed by atoms with Gasteiger partial charge >= 0.3 is 6.18 Å². The van der Waals surface area contributed by atoms with Gasteiger partial charge in [0, 0.05) is 5.56 Å². The summed E-state index contributed by atoms with van der Waals surface area (Å²) < 4.78 is 37.0. The lowest BCUT2D eigenvalue weighted by atomic mass is 10.0. The number of carbonyl (C=O) groups is 1. The van der Waals surface area contributed by atoms with Gasteiger partial charge in [-0.3, -0.25) is 4.79 Å². The molecule has 0 aromatic heterocycles. The fourth-order valence-corrected chi connectivity index (χ4v) is 3.03. The van der Waals surface area contributed by atoms with Crippen molar-refractivity contribution in [2.75, 3.05) is 5.75 Å². The molecule has 0 aliphatic carbocycles. The number of benzene rings is 1. The van der Waals surface area contributed by atoms with E-state index >= 15 is 0 Å². The van der Waals surface area contributed by atoms with Crippen molar-refractivity contribution in [1.29, 1.82) is 0 Å². The van der Waals surface area contributed by atoms with Crippen LogP contribution < -0.4 is 0 Å². The highest BCUT2D eigenvalue weighted by Crippen LogP contribution is 2.31. The van der Waals surface area contributed by atoms with Crippen molar-refractivity contribution in [3.63, 3.8) is 0 Å². The Bertz CT molecular complexity index is 405. The number of halogens is 3. The molecule has 0 saturated carbocycles. The molecule has 5 heteroatoms. The lowest BCUT2D eigenvalue weighted by Crippen LogP contribution is -2.14. The van der Waals surface area contributed by atoms with Crippen LogP contribution in [0, 0.1) is 0 Å². The molecule has 0 amide bonds. The summed E-state index contributed by atoms with van der Waals surface area (Å²) in [6.07, 6.45) is -2.52. The van der Waals surface area contributed by atoms with Crippen LogP contribution in [0.2, 0.25) is 0 Å². The first-order valence-corrected chi connectivity index (χ1v) is 6.36. The minimum atomic E-state index is -4.34. The number of ketones is 1. The molecule has 1 fully saturated rings. The van der Waals surface area contributed by atoms with E-state index < -0.39 is 11.7 Å². The quantitative estimate of drug-likeness (QED) is 0.753. The molecule has 0 bridgehead atoms. The molecule has 1 atom stereocenters. The van der Waals surface area contributed by atoms with Crippen LogP contribution in [-0.4, -0.2) is 16.8 Å². The Labute approximate surface area is 101 Å². The SMILES string of the molecule is O=C(c1ccc(C(F)(F)F)cc1)C1CCCS1. The van der Waals surface area contributed by atoms with Gasteiger partial charge in [-0.05, 0) is 30.7 Å². The van der Waals surface area contributed by atoms with E-state index in [1.807, 2.05) is 0 Å². The molecule has 92 valence electrons. The molecule has 2 rings (SSSR count). The van der Waals surface area contributed by atoms with Crippen molar-refractivity contribution in [3.8, 4) is 0 Å². The van der Waals surface area contributed by atoms with Crippen LogP contribution in [0.25, 0.3) is 0 Å². The smallest absolute Gasteiger partial charge is 0.293 e. The lowest BCUT2D eigenvalue weighted by molar-refractivity contribution is -0.137. The summed E-state index contributed by atoms with van der Waals surface area (Å²) in [6, 6.07) is 4.47. The zero-order valence-corrected chi connectivity index (χ0v) is 9.77. The molecule has 1 aromatic rings.